The molecular formula is C24H21F3O4. The van der Waals surface area contributed by atoms with Crippen molar-refractivity contribution in [3.05, 3.63) is 96.1 Å². The number of hydrogen-bond acceptors (Lipinski definition) is 3. The number of aliphatic carboxylic acids is 1. The normalized spacial score (nSPS) is 14.3. The van der Waals surface area contributed by atoms with Gasteiger partial charge in [-0.05, 0) is 42.3 Å². The topological polar surface area (TPSA) is 55.8 Å². The third-order valence-corrected chi connectivity index (χ3v) is 4.84. The number of benzene rings is 3. The summed E-state index contributed by atoms with van der Waals surface area (Å²) in [5.41, 5.74) is -1.90. The molecule has 0 saturated carbocycles. The Kier molecular flexibility index (Phi) is 6.53. The first-order valence-electron chi connectivity index (χ1n) is 9.51. The van der Waals surface area contributed by atoms with Gasteiger partial charge in [0.05, 0.1) is 0 Å². The predicted molar refractivity (Wildman–Crippen MR) is 109 cm³/mol. The summed E-state index contributed by atoms with van der Waals surface area (Å²) in [6.07, 6.45) is -4.87. The molecule has 0 aromatic heterocycles. The van der Waals surface area contributed by atoms with Gasteiger partial charge in [-0.25, -0.2) is 4.79 Å². The van der Waals surface area contributed by atoms with Crippen LogP contribution < -0.4 is 9.47 Å². The van der Waals surface area contributed by atoms with Crippen molar-refractivity contribution in [1.29, 1.82) is 0 Å². The van der Waals surface area contributed by atoms with Crippen LogP contribution in [0, 0.1) is 0 Å². The molecule has 162 valence electrons. The van der Waals surface area contributed by atoms with Crippen LogP contribution in [0.15, 0.2) is 84.9 Å². The van der Waals surface area contributed by atoms with E-state index in [-0.39, 0.29) is 17.9 Å². The number of alkyl halides is 3. The second-order valence-electron chi connectivity index (χ2n) is 7.15. The maximum absolute atomic E-state index is 14.1. The van der Waals surface area contributed by atoms with E-state index in [9.17, 15) is 23.1 Å². The maximum atomic E-state index is 14.1. The number of hydrogen-bond donors (Lipinski definition) is 1. The molecule has 1 N–H and O–H groups in total. The van der Waals surface area contributed by atoms with Crippen LogP contribution in [-0.2, 0) is 11.4 Å². The molecule has 2 unspecified atom stereocenters. The largest absolute Gasteiger partial charge is 0.489 e. The Morgan fingerprint density at radius 2 is 1.42 bits per heavy atom. The minimum atomic E-state index is -4.87. The van der Waals surface area contributed by atoms with Crippen LogP contribution in [0.5, 0.6) is 11.5 Å². The van der Waals surface area contributed by atoms with Crippen LogP contribution in [0.25, 0.3) is 0 Å². The Bertz CT molecular complexity index is 989. The second kappa shape index (κ2) is 9.12. The van der Waals surface area contributed by atoms with Gasteiger partial charge in [0.1, 0.15) is 24.0 Å². The van der Waals surface area contributed by atoms with Crippen molar-refractivity contribution in [2.24, 2.45) is 0 Å². The van der Waals surface area contributed by atoms with Crippen molar-refractivity contribution in [1.82, 2.24) is 0 Å². The molecule has 0 spiro atoms. The van der Waals surface area contributed by atoms with Gasteiger partial charge in [-0.15, -0.1) is 0 Å². The van der Waals surface area contributed by atoms with E-state index >= 15 is 0 Å². The molecule has 3 aromatic carbocycles. The highest BCUT2D eigenvalue weighted by Gasteiger charge is 2.58. The molecule has 0 saturated heterocycles. The summed E-state index contributed by atoms with van der Waals surface area (Å²) in [7, 11) is 0. The number of halogens is 3. The van der Waals surface area contributed by atoms with Gasteiger partial charge in [-0.2, -0.15) is 13.2 Å². The minimum Gasteiger partial charge on any atom is -0.489 e. The van der Waals surface area contributed by atoms with E-state index < -0.39 is 23.7 Å². The standard InChI is InChI=1S/C24H21F3O4/c1-23(22(28)29,31-20-10-6-3-7-11-20)21(24(25,26)27)18-12-14-19(15-13-18)30-16-17-8-4-2-5-9-17/h2-15,21H,16H2,1H3,(H,28,29). The van der Waals surface area contributed by atoms with Gasteiger partial charge >= 0.3 is 12.1 Å². The zero-order valence-electron chi connectivity index (χ0n) is 16.7. The van der Waals surface area contributed by atoms with Gasteiger partial charge in [0.25, 0.3) is 0 Å². The monoisotopic (exact) mass is 430 g/mol. The number of carbonyl (C=O) groups is 1. The molecule has 0 bridgehead atoms. The summed E-state index contributed by atoms with van der Waals surface area (Å²) < 4.78 is 53.2. The second-order valence-corrected chi connectivity index (χ2v) is 7.15. The average Bonchev–Trinajstić information content (AvgIpc) is 2.73. The molecule has 3 rings (SSSR count). The first-order chi connectivity index (χ1) is 14.7. The van der Waals surface area contributed by atoms with Crippen LogP contribution >= 0.6 is 0 Å². The zero-order valence-corrected chi connectivity index (χ0v) is 16.7. The molecule has 3 aromatic rings. The van der Waals surface area contributed by atoms with E-state index in [0.717, 1.165) is 12.5 Å². The number of ether oxygens (including phenoxy) is 2. The Balaban J connectivity index is 1.88. The molecule has 0 fully saturated rings. The van der Waals surface area contributed by atoms with E-state index in [4.69, 9.17) is 9.47 Å². The minimum absolute atomic E-state index is 0.0319. The van der Waals surface area contributed by atoms with Gasteiger partial charge in [-0.1, -0.05) is 60.7 Å². The van der Waals surface area contributed by atoms with Gasteiger partial charge < -0.3 is 14.6 Å². The fraction of sp³-hybridized carbons (Fsp3) is 0.208. The highest BCUT2D eigenvalue weighted by Crippen LogP contribution is 2.45. The number of rotatable bonds is 8. The first-order valence-corrected chi connectivity index (χ1v) is 9.51. The summed E-state index contributed by atoms with van der Waals surface area (Å²) in [4.78, 5) is 12.0. The molecular weight excluding hydrogens is 409 g/mol. The lowest BCUT2D eigenvalue weighted by molar-refractivity contribution is -0.200. The van der Waals surface area contributed by atoms with Crippen LogP contribution in [0.3, 0.4) is 0 Å². The van der Waals surface area contributed by atoms with Crippen molar-refractivity contribution in [3.8, 4) is 11.5 Å². The fourth-order valence-corrected chi connectivity index (χ4v) is 3.28. The Hall–Kier alpha value is -3.48. The van der Waals surface area contributed by atoms with Gasteiger partial charge in [0, 0.05) is 0 Å². The molecule has 2 atom stereocenters. The van der Waals surface area contributed by atoms with Crippen LogP contribution in [0.2, 0.25) is 0 Å². The molecule has 0 heterocycles. The van der Waals surface area contributed by atoms with Crippen molar-refractivity contribution in [2.75, 3.05) is 0 Å². The molecule has 4 nitrogen and oxygen atoms in total. The van der Waals surface area contributed by atoms with E-state index in [1.807, 2.05) is 30.3 Å². The lowest BCUT2D eigenvalue weighted by Gasteiger charge is -2.35. The van der Waals surface area contributed by atoms with Crippen molar-refractivity contribution in [3.63, 3.8) is 0 Å². The molecule has 0 radical (unpaired) electrons. The Morgan fingerprint density at radius 1 is 0.871 bits per heavy atom. The van der Waals surface area contributed by atoms with Crippen molar-refractivity contribution in [2.45, 2.75) is 31.2 Å². The molecule has 0 aliphatic rings. The fourth-order valence-electron chi connectivity index (χ4n) is 3.28. The molecule has 0 aliphatic carbocycles. The number of para-hydroxylation sites is 1. The molecule has 0 aliphatic heterocycles. The quantitative estimate of drug-likeness (QED) is 0.488. The molecule has 31 heavy (non-hydrogen) atoms. The Labute approximate surface area is 177 Å². The molecule has 0 amide bonds. The van der Waals surface area contributed by atoms with Crippen LogP contribution in [-0.4, -0.2) is 22.9 Å². The van der Waals surface area contributed by atoms with E-state index in [1.54, 1.807) is 18.2 Å². The SMILES string of the molecule is CC(Oc1ccccc1)(C(=O)O)C(c1ccc(OCc2ccccc2)cc1)C(F)(F)F. The van der Waals surface area contributed by atoms with Crippen molar-refractivity contribution >= 4 is 5.97 Å². The molecule has 7 heteroatoms. The number of carboxylic acid groups (broad SMARTS) is 1. The average molecular weight is 430 g/mol. The summed E-state index contributed by atoms with van der Waals surface area (Å²) in [6, 6.07) is 22.1. The highest BCUT2D eigenvalue weighted by molar-refractivity contribution is 5.79. The third kappa shape index (κ3) is 5.36. The third-order valence-electron chi connectivity index (χ3n) is 4.84. The summed E-state index contributed by atoms with van der Waals surface area (Å²) in [6.45, 7) is 1.19. The van der Waals surface area contributed by atoms with Crippen LogP contribution in [0.4, 0.5) is 13.2 Å². The Morgan fingerprint density at radius 3 is 1.94 bits per heavy atom. The zero-order chi connectivity index (χ0) is 22.5. The van der Waals surface area contributed by atoms with Crippen molar-refractivity contribution < 1.29 is 32.5 Å². The maximum Gasteiger partial charge on any atom is 0.400 e. The van der Waals surface area contributed by atoms with Gasteiger partial charge in [0.2, 0.25) is 5.60 Å². The van der Waals surface area contributed by atoms with Crippen LogP contribution in [0.1, 0.15) is 24.0 Å². The predicted octanol–water partition coefficient (Wildman–Crippen LogP) is 5.83. The van der Waals surface area contributed by atoms with E-state index in [0.29, 0.717) is 5.75 Å². The lowest BCUT2D eigenvalue weighted by Crippen LogP contribution is -2.52. The summed E-state index contributed by atoms with van der Waals surface area (Å²) in [5, 5.41) is 9.70. The summed E-state index contributed by atoms with van der Waals surface area (Å²) in [5.74, 6) is -3.72. The van der Waals surface area contributed by atoms with E-state index in [1.165, 1.54) is 36.4 Å². The lowest BCUT2D eigenvalue weighted by atomic mass is 9.82. The first kappa shape index (κ1) is 22.2. The van der Waals surface area contributed by atoms with Gasteiger partial charge in [0.15, 0.2) is 0 Å². The highest BCUT2D eigenvalue weighted by atomic mass is 19.4. The van der Waals surface area contributed by atoms with E-state index in [2.05, 4.69) is 0 Å². The smallest absolute Gasteiger partial charge is 0.400 e. The van der Waals surface area contributed by atoms with Gasteiger partial charge in [-0.3, -0.25) is 0 Å². The number of carboxylic acids is 1. The summed E-state index contributed by atoms with van der Waals surface area (Å²) >= 11 is 0.